The molecule has 0 spiro atoms. The van der Waals surface area contributed by atoms with E-state index in [0.29, 0.717) is 24.5 Å². The maximum absolute atomic E-state index is 12.0. The van der Waals surface area contributed by atoms with Crippen molar-refractivity contribution in [2.75, 3.05) is 19.9 Å². The van der Waals surface area contributed by atoms with Crippen molar-refractivity contribution in [2.24, 2.45) is 5.92 Å². The summed E-state index contributed by atoms with van der Waals surface area (Å²) in [5.74, 6) is -0.103. The van der Waals surface area contributed by atoms with E-state index in [1.807, 2.05) is 6.07 Å². The van der Waals surface area contributed by atoms with Gasteiger partial charge in [-0.3, -0.25) is 9.59 Å². The highest BCUT2D eigenvalue weighted by atomic mass is 16.7. The highest BCUT2D eigenvalue weighted by Gasteiger charge is 2.29. The van der Waals surface area contributed by atoms with Gasteiger partial charge in [0.25, 0.3) is 0 Å². The van der Waals surface area contributed by atoms with Crippen LogP contribution in [0.4, 0.5) is 0 Å². The Morgan fingerprint density at radius 1 is 1.29 bits per heavy atom. The van der Waals surface area contributed by atoms with Crippen LogP contribution < -0.4 is 9.47 Å². The third kappa shape index (κ3) is 2.84. The number of carbonyl (C=O) groups is 2. The summed E-state index contributed by atoms with van der Waals surface area (Å²) in [5.41, 5.74) is 0.835. The molecule has 1 saturated heterocycles. The summed E-state index contributed by atoms with van der Waals surface area (Å²) >= 11 is 0. The third-order valence-corrected chi connectivity index (χ3v) is 3.66. The number of hydrogen-bond acceptors (Lipinski definition) is 4. The molecule has 1 unspecified atom stereocenters. The molecule has 1 amide bonds. The number of likely N-dealkylation sites (tertiary alicyclic amines) is 1. The third-order valence-electron chi connectivity index (χ3n) is 3.66. The van der Waals surface area contributed by atoms with E-state index in [-0.39, 0.29) is 19.2 Å². The van der Waals surface area contributed by atoms with Gasteiger partial charge in [-0.1, -0.05) is 6.07 Å². The Morgan fingerprint density at radius 2 is 2.10 bits per heavy atom. The van der Waals surface area contributed by atoms with Crippen molar-refractivity contribution in [3.8, 4) is 11.5 Å². The summed E-state index contributed by atoms with van der Waals surface area (Å²) < 4.78 is 10.5. The number of aliphatic carboxylic acids is 1. The number of amides is 1. The molecule has 1 atom stereocenters. The zero-order chi connectivity index (χ0) is 14.8. The van der Waals surface area contributed by atoms with Crippen molar-refractivity contribution in [3.05, 3.63) is 29.8 Å². The Kier molecular flexibility index (Phi) is 3.51. The fourth-order valence-corrected chi connectivity index (χ4v) is 2.45. The highest BCUT2D eigenvalue weighted by molar-refractivity contribution is 5.92. The van der Waals surface area contributed by atoms with Gasteiger partial charge >= 0.3 is 5.97 Å². The molecule has 1 N–H and O–H groups in total. The van der Waals surface area contributed by atoms with Crippen LogP contribution in [-0.2, 0) is 9.59 Å². The van der Waals surface area contributed by atoms with E-state index >= 15 is 0 Å². The van der Waals surface area contributed by atoms with E-state index in [1.54, 1.807) is 23.1 Å². The molecule has 2 aliphatic heterocycles. The van der Waals surface area contributed by atoms with Gasteiger partial charge < -0.3 is 19.5 Å². The largest absolute Gasteiger partial charge is 0.481 e. The number of carbonyl (C=O) groups excluding carboxylic acids is 1. The Hall–Kier alpha value is -2.50. The molecule has 110 valence electrons. The Morgan fingerprint density at radius 3 is 2.86 bits per heavy atom. The normalized spacial score (nSPS) is 20.2. The van der Waals surface area contributed by atoms with Gasteiger partial charge in [0.1, 0.15) is 0 Å². The van der Waals surface area contributed by atoms with E-state index in [1.165, 1.54) is 6.08 Å². The van der Waals surface area contributed by atoms with Gasteiger partial charge in [0.15, 0.2) is 11.5 Å². The van der Waals surface area contributed by atoms with Crippen LogP contribution in [0.15, 0.2) is 24.3 Å². The van der Waals surface area contributed by atoms with E-state index in [4.69, 9.17) is 14.6 Å². The molecular weight excluding hydrogens is 274 g/mol. The van der Waals surface area contributed by atoms with E-state index in [0.717, 1.165) is 5.56 Å². The summed E-state index contributed by atoms with van der Waals surface area (Å²) in [6.45, 7) is 0.979. The number of ether oxygens (including phenoxy) is 2. The lowest BCUT2D eigenvalue weighted by Gasteiger charge is -2.12. The van der Waals surface area contributed by atoms with Crippen molar-refractivity contribution >= 4 is 18.0 Å². The average Bonchev–Trinajstić information content (AvgIpc) is 3.12. The molecular formula is C15H15NO5. The summed E-state index contributed by atoms with van der Waals surface area (Å²) in [6.07, 6.45) is 3.67. The lowest BCUT2D eigenvalue weighted by atomic mass is 10.1. The molecule has 0 aromatic heterocycles. The predicted molar refractivity (Wildman–Crippen MR) is 73.9 cm³/mol. The van der Waals surface area contributed by atoms with Gasteiger partial charge in [-0.25, -0.2) is 0 Å². The molecule has 2 heterocycles. The van der Waals surface area contributed by atoms with Crippen molar-refractivity contribution in [2.45, 2.75) is 6.42 Å². The van der Waals surface area contributed by atoms with Gasteiger partial charge in [0, 0.05) is 19.2 Å². The molecule has 21 heavy (non-hydrogen) atoms. The Balaban J connectivity index is 1.63. The molecule has 0 saturated carbocycles. The second kappa shape index (κ2) is 5.47. The molecule has 6 nitrogen and oxygen atoms in total. The highest BCUT2D eigenvalue weighted by Crippen LogP contribution is 2.32. The van der Waals surface area contributed by atoms with Crippen LogP contribution in [0.1, 0.15) is 12.0 Å². The van der Waals surface area contributed by atoms with E-state index in [2.05, 4.69) is 0 Å². The van der Waals surface area contributed by atoms with Crippen molar-refractivity contribution in [3.63, 3.8) is 0 Å². The number of carboxylic acids is 1. The first kappa shape index (κ1) is 13.5. The number of carboxylic acid groups (broad SMARTS) is 1. The van der Waals surface area contributed by atoms with Crippen LogP contribution in [0, 0.1) is 5.92 Å². The number of rotatable bonds is 3. The Bertz CT molecular complexity index is 610. The quantitative estimate of drug-likeness (QED) is 0.850. The maximum Gasteiger partial charge on any atom is 0.308 e. The summed E-state index contributed by atoms with van der Waals surface area (Å²) in [7, 11) is 0. The first-order valence-corrected chi connectivity index (χ1v) is 6.73. The standard InChI is InChI=1S/C15H15NO5/c17-14(16-6-5-11(8-16)15(18)19)4-2-10-1-3-12-13(7-10)21-9-20-12/h1-4,7,11H,5-6,8-9H2,(H,18,19). The first-order chi connectivity index (χ1) is 10.1. The number of benzene rings is 1. The van der Waals surface area contributed by atoms with Gasteiger partial charge in [-0.05, 0) is 30.2 Å². The predicted octanol–water partition coefficient (Wildman–Crippen LogP) is 1.36. The molecule has 1 aromatic rings. The van der Waals surface area contributed by atoms with Crippen LogP contribution in [0.2, 0.25) is 0 Å². The minimum atomic E-state index is -0.843. The van der Waals surface area contributed by atoms with Crippen molar-refractivity contribution < 1.29 is 24.2 Å². The van der Waals surface area contributed by atoms with Crippen molar-refractivity contribution in [1.82, 2.24) is 4.90 Å². The topological polar surface area (TPSA) is 76.1 Å². The average molecular weight is 289 g/mol. The maximum atomic E-state index is 12.0. The van der Waals surface area contributed by atoms with Crippen LogP contribution in [-0.4, -0.2) is 41.8 Å². The van der Waals surface area contributed by atoms with Crippen LogP contribution in [0.25, 0.3) is 6.08 Å². The molecule has 2 aliphatic rings. The molecule has 0 radical (unpaired) electrons. The lowest BCUT2D eigenvalue weighted by molar-refractivity contribution is -0.141. The number of hydrogen-bond donors (Lipinski definition) is 1. The van der Waals surface area contributed by atoms with Gasteiger partial charge in [-0.15, -0.1) is 0 Å². The minimum Gasteiger partial charge on any atom is -0.481 e. The summed E-state index contributed by atoms with van der Waals surface area (Å²) in [6, 6.07) is 5.43. The second-order valence-corrected chi connectivity index (χ2v) is 5.05. The summed E-state index contributed by atoms with van der Waals surface area (Å²) in [4.78, 5) is 24.4. The molecule has 1 aromatic carbocycles. The number of nitrogens with zero attached hydrogens (tertiary/aromatic N) is 1. The van der Waals surface area contributed by atoms with Gasteiger partial charge in [0.2, 0.25) is 12.7 Å². The second-order valence-electron chi connectivity index (χ2n) is 5.05. The van der Waals surface area contributed by atoms with Crippen LogP contribution in [0.5, 0.6) is 11.5 Å². The monoisotopic (exact) mass is 289 g/mol. The van der Waals surface area contributed by atoms with E-state index < -0.39 is 11.9 Å². The fourth-order valence-electron chi connectivity index (χ4n) is 2.45. The fraction of sp³-hybridized carbons (Fsp3) is 0.333. The molecule has 0 aliphatic carbocycles. The van der Waals surface area contributed by atoms with Crippen LogP contribution in [0.3, 0.4) is 0 Å². The van der Waals surface area contributed by atoms with Crippen LogP contribution >= 0.6 is 0 Å². The number of fused-ring (bicyclic) bond motifs is 1. The zero-order valence-corrected chi connectivity index (χ0v) is 11.3. The van der Waals surface area contributed by atoms with Gasteiger partial charge in [-0.2, -0.15) is 0 Å². The lowest BCUT2D eigenvalue weighted by Crippen LogP contribution is -2.28. The smallest absolute Gasteiger partial charge is 0.308 e. The molecule has 1 fully saturated rings. The van der Waals surface area contributed by atoms with Crippen molar-refractivity contribution in [1.29, 1.82) is 0 Å². The Labute approximate surface area is 121 Å². The first-order valence-electron chi connectivity index (χ1n) is 6.73. The minimum absolute atomic E-state index is 0.170. The van der Waals surface area contributed by atoms with Gasteiger partial charge in [0.05, 0.1) is 5.92 Å². The summed E-state index contributed by atoms with van der Waals surface area (Å²) in [5, 5.41) is 8.93. The molecule has 0 bridgehead atoms. The zero-order valence-electron chi connectivity index (χ0n) is 11.3. The molecule has 3 rings (SSSR count). The SMILES string of the molecule is O=C(O)C1CCN(C(=O)C=Cc2ccc3c(c2)OCO3)C1. The molecule has 6 heteroatoms. The van der Waals surface area contributed by atoms with E-state index in [9.17, 15) is 9.59 Å².